The molecule has 0 bridgehead atoms. The summed E-state index contributed by atoms with van der Waals surface area (Å²) >= 11 is 4.93. The predicted octanol–water partition coefficient (Wildman–Crippen LogP) is 2.89. The molecule has 0 amide bonds. The third-order valence-electron chi connectivity index (χ3n) is 2.99. The lowest BCUT2D eigenvalue weighted by molar-refractivity contribution is 0.449. The fourth-order valence-corrected chi connectivity index (χ4v) is 2.00. The Bertz CT molecular complexity index is 734. The summed E-state index contributed by atoms with van der Waals surface area (Å²) in [4.78, 5) is 0.0380. The van der Waals surface area contributed by atoms with Gasteiger partial charge in [-0.05, 0) is 31.5 Å². The molecule has 1 aromatic heterocycles. The van der Waals surface area contributed by atoms with Crippen molar-refractivity contribution in [2.45, 2.75) is 13.8 Å². The quantitative estimate of drug-likeness (QED) is 0.674. The summed E-state index contributed by atoms with van der Waals surface area (Å²) in [6.45, 7) is 3.44. The molecule has 110 valence electrons. The number of thiocarbonyl (C=S) groups is 1. The fourth-order valence-electron chi connectivity index (χ4n) is 1.75. The molecule has 0 aliphatic rings. The highest BCUT2D eigenvalue weighted by atomic mass is 32.1. The van der Waals surface area contributed by atoms with Crippen molar-refractivity contribution in [3.05, 3.63) is 46.4 Å². The molecule has 0 aliphatic carbocycles. The van der Waals surface area contributed by atoms with Crippen LogP contribution in [0.2, 0.25) is 0 Å². The van der Waals surface area contributed by atoms with Crippen LogP contribution in [0, 0.1) is 31.3 Å². The Labute approximate surface area is 124 Å². The highest BCUT2D eigenvalue weighted by molar-refractivity contribution is 7.80. The van der Waals surface area contributed by atoms with Gasteiger partial charge in [0.15, 0.2) is 23.3 Å². The molecule has 1 aromatic carbocycles. The minimum absolute atomic E-state index is 0.0380. The van der Waals surface area contributed by atoms with Crippen LogP contribution < -0.4 is 11.1 Å². The average Bonchev–Trinajstić information content (AvgIpc) is 2.43. The van der Waals surface area contributed by atoms with Crippen molar-refractivity contribution in [3.8, 4) is 0 Å². The van der Waals surface area contributed by atoms with E-state index in [2.05, 4.69) is 15.5 Å². The van der Waals surface area contributed by atoms with Gasteiger partial charge in [0, 0.05) is 0 Å². The third kappa shape index (κ3) is 2.80. The maximum atomic E-state index is 13.7. The molecular formula is C13H11F3N4S. The second-order valence-corrected chi connectivity index (χ2v) is 4.79. The van der Waals surface area contributed by atoms with Gasteiger partial charge in [0.05, 0.1) is 16.9 Å². The van der Waals surface area contributed by atoms with E-state index in [9.17, 15) is 13.2 Å². The summed E-state index contributed by atoms with van der Waals surface area (Å²) in [5.74, 6) is -4.13. The van der Waals surface area contributed by atoms with E-state index in [4.69, 9.17) is 18.0 Å². The number of halogens is 3. The summed E-state index contributed by atoms with van der Waals surface area (Å²) < 4.78 is 39.8. The summed E-state index contributed by atoms with van der Waals surface area (Å²) in [6.07, 6.45) is 0. The van der Waals surface area contributed by atoms with Crippen molar-refractivity contribution < 1.29 is 13.2 Å². The average molecular weight is 312 g/mol. The number of anilines is 2. The van der Waals surface area contributed by atoms with Gasteiger partial charge < -0.3 is 11.1 Å². The minimum atomic E-state index is -1.58. The Morgan fingerprint density at radius 3 is 2.43 bits per heavy atom. The third-order valence-corrected chi connectivity index (χ3v) is 3.19. The summed E-state index contributed by atoms with van der Waals surface area (Å²) in [5, 5.41) is 10.2. The van der Waals surface area contributed by atoms with Crippen LogP contribution >= 0.6 is 12.2 Å². The molecule has 0 fully saturated rings. The van der Waals surface area contributed by atoms with E-state index >= 15 is 0 Å². The highest BCUT2D eigenvalue weighted by Gasteiger charge is 2.18. The molecule has 3 N–H and O–H groups in total. The van der Waals surface area contributed by atoms with Crippen molar-refractivity contribution in [1.29, 1.82) is 0 Å². The van der Waals surface area contributed by atoms with Crippen LogP contribution in [0.1, 0.15) is 16.8 Å². The molecule has 2 rings (SSSR count). The molecule has 0 atom stereocenters. The first-order chi connectivity index (χ1) is 9.82. The van der Waals surface area contributed by atoms with Crippen LogP contribution in [0.5, 0.6) is 0 Å². The number of hydrogen-bond donors (Lipinski definition) is 2. The van der Waals surface area contributed by atoms with Gasteiger partial charge in [0.1, 0.15) is 4.99 Å². The lowest BCUT2D eigenvalue weighted by Crippen LogP contribution is -2.17. The van der Waals surface area contributed by atoms with E-state index in [1.165, 1.54) is 0 Å². The summed E-state index contributed by atoms with van der Waals surface area (Å²) in [7, 11) is 0. The zero-order chi connectivity index (χ0) is 15.7. The number of nitrogens with two attached hydrogens (primary N) is 1. The summed E-state index contributed by atoms with van der Waals surface area (Å²) in [6, 6.07) is 1.85. The second kappa shape index (κ2) is 5.65. The van der Waals surface area contributed by atoms with Gasteiger partial charge in [-0.3, -0.25) is 0 Å². The van der Waals surface area contributed by atoms with Gasteiger partial charge in [0.25, 0.3) is 0 Å². The van der Waals surface area contributed by atoms with Crippen molar-refractivity contribution in [1.82, 2.24) is 10.2 Å². The van der Waals surface area contributed by atoms with Crippen LogP contribution in [0.3, 0.4) is 0 Å². The van der Waals surface area contributed by atoms with Crippen LogP contribution in [-0.2, 0) is 0 Å². The van der Waals surface area contributed by atoms with E-state index in [-0.39, 0.29) is 16.5 Å². The first-order valence-electron chi connectivity index (χ1n) is 5.87. The number of benzene rings is 1. The molecule has 0 saturated carbocycles. The second-order valence-electron chi connectivity index (χ2n) is 4.35. The molecule has 0 radical (unpaired) electrons. The molecule has 1 heterocycles. The fraction of sp³-hybridized carbons (Fsp3) is 0.154. The van der Waals surface area contributed by atoms with E-state index in [0.717, 1.165) is 12.1 Å². The van der Waals surface area contributed by atoms with Gasteiger partial charge in [-0.25, -0.2) is 13.2 Å². The number of aromatic nitrogens is 2. The predicted molar refractivity (Wildman–Crippen MR) is 77.0 cm³/mol. The summed E-state index contributed by atoms with van der Waals surface area (Å²) in [5.41, 5.74) is 6.99. The van der Waals surface area contributed by atoms with E-state index in [0.29, 0.717) is 16.8 Å². The Kier molecular flexibility index (Phi) is 4.08. The van der Waals surface area contributed by atoms with Gasteiger partial charge in [-0.1, -0.05) is 12.2 Å². The molecule has 0 spiro atoms. The van der Waals surface area contributed by atoms with E-state index in [1.807, 2.05) is 0 Å². The Morgan fingerprint density at radius 2 is 1.81 bits per heavy atom. The number of aryl methyl sites for hydroxylation is 1. The van der Waals surface area contributed by atoms with Crippen molar-refractivity contribution >= 4 is 28.7 Å². The number of nitrogens with zero attached hydrogens (tertiary/aromatic N) is 2. The van der Waals surface area contributed by atoms with E-state index < -0.39 is 17.5 Å². The Morgan fingerprint density at radius 1 is 1.14 bits per heavy atom. The Hall–Kier alpha value is -2.22. The molecule has 0 saturated heterocycles. The zero-order valence-electron chi connectivity index (χ0n) is 11.2. The zero-order valence-corrected chi connectivity index (χ0v) is 12.0. The SMILES string of the molecule is Cc1nnc(Nc2ccc(F)c(F)c2F)c(C(N)=S)c1C. The first-order valence-corrected chi connectivity index (χ1v) is 6.28. The first kappa shape index (κ1) is 15.2. The molecule has 2 aromatic rings. The monoisotopic (exact) mass is 312 g/mol. The standard InChI is InChI=1S/C13H11F3N4S/c1-5-6(2)19-20-13(9(5)12(17)21)18-8-4-3-7(14)10(15)11(8)16/h3-4H,1-2H3,(H2,17,21)(H,18,20). The van der Waals surface area contributed by atoms with Gasteiger partial charge in [-0.15, -0.1) is 5.10 Å². The molecule has 4 nitrogen and oxygen atoms in total. The molecule has 8 heteroatoms. The maximum Gasteiger partial charge on any atom is 0.196 e. The largest absolute Gasteiger partial charge is 0.389 e. The lowest BCUT2D eigenvalue weighted by Gasteiger charge is -2.13. The topological polar surface area (TPSA) is 63.8 Å². The van der Waals surface area contributed by atoms with Crippen LogP contribution in [0.4, 0.5) is 24.7 Å². The van der Waals surface area contributed by atoms with Crippen LogP contribution in [0.25, 0.3) is 0 Å². The number of nitrogens with one attached hydrogen (secondary N) is 1. The molecule has 21 heavy (non-hydrogen) atoms. The van der Waals surface area contributed by atoms with Gasteiger partial charge in [-0.2, -0.15) is 5.10 Å². The van der Waals surface area contributed by atoms with Crippen LogP contribution in [0.15, 0.2) is 12.1 Å². The molecule has 0 unspecified atom stereocenters. The lowest BCUT2D eigenvalue weighted by atomic mass is 10.1. The number of rotatable bonds is 3. The van der Waals surface area contributed by atoms with E-state index in [1.54, 1.807) is 13.8 Å². The molecule has 0 aliphatic heterocycles. The maximum absolute atomic E-state index is 13.7. The minimum Gasteiger partial charge on any atom is -0.389 e. The van der Waals surface area contributed by atoms with Crippen molar-refractivity contribution in [3.63, 3.8) is 0 Å². The number of hydrogen-bond acceptors (Lipinski definition) is 4. The van der Waals surface area contributed by atoms with Crippen LogP contribution in [-0.4, -0.2) is 15.2 Å². The van der Waals surface area contributed by atoms with Gasteiger partial charge >= 0.3 is 0 Å². The van der Waals surface area contributed by atoms with Gasteiger partial charge in [0.2, 0.25) is 0 Å². The molecular weight excluding hydrogens is 301 g/mol. The van der Waals surface area contributed by atoms with Crippen molar-refractivity contribution in [2.75, 3.05) is 5.32 Å². The normalized spacial score (nSPS) is 10.5. The highest BCUT2D eigenvalue weighted by Crippen LogP contribution is 2.26. The Balaban J connectivity index is 2.53. The smallest absolute Gasteiger partial charge is 0.196 e. The van der Waals surface area contributed by atoms with Crippen molar-refractivity contribution in [2.24, 2.45) is 5.73 Å².